The molecule has 2 aromatic carbocycles. The maximum absolute atomic E-state index is 12.1. The standard InChI is InChI=1S/C15H12N2O3/c16-13(18)15(14(17)19)9-5-1-3-7-11(9)20-12-8-4-2-6-10(12)15/h1-8H,(H2,16,18)(H2,17,19). The Hall–Kier alpha value is -2.82. The highest BCUT2D eigenvalue weighted by molar-refractivity contribution is 6.14. The third kappa shape index (κ3) is 1.37. The van der Waals surface area contributed by atoms with Gasteiger partial charge in [-0.1, -0.05) is 36.4 Å². The molecular weight excluding hydrogens is 256 g/mol. The molecule has 100 valence electrons. The molecular formula is C15H12N2O3. The summed E-state index contributed by atoms with van der Waals surface area (Å²) >= 11 is 0. The Morgan fingerprint density at radius 1 is 0.800 bits per heavy atom. The van der Waals surface area contributed by atoms with Gasteiger partial charge in [0.15, 0.2) is 5.41 Å². The second kappa shape index (κ2) is 4.09. The first-order valence-corrected chi connectivity index (χ1v) is 6.05. The summed E-state index contributed by atoms with van der Waals surface area (Å²) in [6, 6.07) is 13.5. The SMILES string of the molecule is NC(=O)C1(C(N)=O)c2ccccc2Oc2ccccc21. The van der Waals surface area contributed by atoms with Crippen LogP contribution in [0.15, 0.2) is 48.5 Å². The highest BCUT2D eigenvalue weighted by Crippen LogP contribution is 2.47. The van der Waals surface area contributed by atoms with Gasteiger partial charge in [0.1, 0.15) is 11.5 Å². The summed E-state index contributed by atoms with van der Waals surface area (Å²) in [5.41, 5.74) is 10.1. The molecule has 20 heavy (non-hydrogen) atoms. The van der Waals surface area contributed by atoms with Crippen molar-refractivity contribution in [3.05, 3.63) is 59.7 Å². The number of hydrogen-bond acceptors (Lipinski definition) is 3. The average molecular weight is 268 g/mol. The number of amides is 2. The van der Waals surface area contributed by atoms with Crippen molar-refractivity contribution in [1.82, 2.24) is 0 Å². The van der Waals surface area contributed by atoms with Gasteiger partial charge in [-0.15, -0.1) is 0 Å². The number of nitrogens with two attached hydrogens (primary N) is 2. The molecule has 0 fully saturated rings. The monoisotopic (exact) mass is 268 g/mol. The molecule has 0 saturated carbocycles. The van der Waals surface area contributed by atoms with Crippen LogP contribution in [0.1, 0.15) is 11.1 Å². The van der Waals surface area contributed by atoms with Crippen LogP contribution in [0.2, 0.25) is 0 Å². The number of carbonyl (C=O) groups is 2. The minimum absolute atomic E-state index is 0.374. The number of primary amides is 2. The van der Waals surface area contributed by atoms with Crippen LogP contribution in [0, 0.1) is 0 Å². The summed E-state index contributed by atoms with van der Waals surface area (Å²) < 4.78 is 5.72. The van der Waals surface area contributed by atoms with Gasteiger partial charge in [0.2, 0.25) is 11.8 Å². The zero-order chi connectivity index (χ0) is 14.3. The lowest BCUT2D eigenvalue weighted by Crippen LogP contribution is -2.53. The zero-order valence-corrected chi connectivity index (χ0v) is 10.5. The lowest BCUT2D eigenvalue weighted by atomic mass is 9.71. The Bertz CT molecular complexity index is 663. The highest BCUT2D eigenvalue weighted by Gasteiger charge is 2.52. The topological polar surface area (TPSA) is 95.4 Å². The van der Waals surface area contributed by atoms with Crippen LogP contribution in [0.5, 0.6) is 11.5 Å². The fourth-order valence-corrected chi connectivity index (χ4v) is 2.65. The molecule has 0 radical (unpaired) electrons. The van der Waals surface area contributed by atoms with Gasteiger partial charge in [0.25, 0.3) is 0 Å². The molecule has 0 aliphatic carbocycles. The van der Waals surface area contributed by atoms with Gasteiger partial charge in [0.05, 0.1) is 0 Å². The fourth-order valence-electron chi connectivity index (χ4n) is 2.65. The van der Waals surface area contributed by atoms with Gasteiger partial charge < -0.3 is 16.2 Å². The van der Waals surface area contributed by atoms with Gasteiger partial charge in [0, 0.05) is 11.1 Å². The van der Waals surface area contributed by atoms with Gasteiger partial charge in [-0.3, -0.25) is 9.59 Å². The number of fused-ring (bicyclic) bond motifs is 2. The van der Waals surface area contributed by atoms with Crippen molar-refractivity contribution >= 4 is 11.8 Å². The summed E-state index contributed by atoms with van der Waals surface area (Å²) in [5, 5.41) is 0. The van der Waals surface area contributed by atoms with Gasteiger partial charge in [-0.2, -0.15) is 0 Å². The van der Waals surface area contributed by atoms with Crippen LogP contribution >= 0.6 is 0 Å². The van der Waals surface area contributed by atoms with Crippen molar-refractivity contribution in [3.63, 3.8) is 0 Å². The minimum atomic E-state index is -1.70. The summed E-state index contributed by atoms with van der Waals surface area (Å²) in [6.45, 7) is 0. The Balaban J connectivity index is 2.44. The summed E-state index contributed by atoms with van der Waals surface area (Å²) in [4.78, 5) is 24.2. The molecule has 5 heteroatoms. The molecule has 0 bridgehead atoms. The normalized spacial score (nSPS) is 14.6. The first kappa shape index (κ1) is 12.2. The van der Waals surface area contributed by atoms with E-state index in [1.54, 1.807) is 48.5 Å². The van der Waals surface area contributed by atoms with Crippen molar-refractivity contribution in [2.24, 2.45) is 11.5 Å². The molecule has 0 aromatic heterocycles. The Labute approximate surface area is 115 Å². The van der Waals surface area contributed by atoms with E-state index in [1.807, 2.05) is 0 Å². The second-order valence-electron chi connectivity index (χ2n) is 4.57. The highest BCUT2D eigenvalue weighted by atomic mass is 16.5. The molecule has 1 heterocycles. The summed E-state index contributed by atoms with van der Waals surface area (Å²) in [6.07, 6.45) is 0. The summed E-state index contributed by atoms with van der Waals surface area (Å²) in [5.74, 6) is -0.811. The molecule has 2 aromatic rings. The average Bonchev–Trinajstić information content (AvgIpc) is 2.43. The maximum atomic E-state index is 12.1. The van der Waals surface area contributed by atoms with Crippen LogP contribution in [-0.2, 0) is 15.0 Å². The first-order chi connectivity index (χ1) is 9.58. The smallest absolute Gasteiger partial charge is 0.242 e. The van der Waals surface area contributed by atoms with Crippen molar-refractivity contribution in [2.75, 3.05) is 0 Å². The minimum Gasteiger partial charge on any atom is -0.457 e. The van der Waals surface area contributed by atoms with E-state index in [-0.39, 0.29) is 0 Å². The van der Waals surface area contributed by atoms with Gasteiger partial charge in [-0.25, -0.2) is 0 Å². The number of ether oxygens (including phenoxy) is 1. The van der Waals surface area contributed by atoms with E-state index >= 15 is 0 Å². The molecule has 0 spiro atoms. The molecule has 0 saturated heterocycles. The number of benzene rings is 2. The number of para-hydroxylation sites is 2. The van der Waals surface area contributed by atoms with E-state index < -0.39 is 17.2 Å². The Morgan fingerprint density at radius 3 is 1.60 bits per heavy atom. The number of rotatable bonds is 2. The lowest BCUT2D eigenvalue weighted by molar-refractivity contribution is -0.132. The van der Waals surface area contributed by atoms with Crippen molar-refractivity contribution < 1.29 is 14.3 Å². The third-order valence-electron chi connectivity index (χ3n) is 3.54. The van der Waals surface area contributed by atoms with Crippen LogP contribution in [0.4, 0.5) is 0 Å². The van der Waals surface area contributed by atoms with Crippen LogP contribution in [-0.4, -0.2) is 11.8 Å². The van der Waals surface area contributed by atoms with E-state index in [0.29, 0.717) is 22.6 Å². The van der Waals surface area contributed by atoms with Crippen LogP contribution in [0.25, 0.3) is 0 Å². The van der Waals surface area contributed by atoms with Crippen molar-refractivity contribution in [2.45, 2.75) is 5.41 Å². The predicted octanol–water partition coefficient (Wildman–Crippen LogP) is 1.05. The van der Waals surface area contributed by atoms with Crippen LogP contribution in [0.3, 0.4) is 0 Å². The zero-order valence-electron chi connectivity index (χ0n) is 10.5. The van der Waals surface area contributed by atoms with Crippen LogP contribution < -0.4 is 16.2 Å². The van der Waals surface area contributed by atoms with E-state index in [1.165, 1.54) is 0 Å². The second-order valence-corrected chi connectivity index (χ2v) is 4.57. The lowest BCUT2D eigenvalue weighted by Gasteiger charge is -2.35. The van der Waals surface area contributed by atoms with Gasteiger partial charge in [-0.05, 0) is 12.1 Å². The molecule has 2 amide bonds. The first-order valence-electron chi connectivity index (χ1n) is 6.05. The number of carbonyl (C=O) groups excluding carboxylic acids is 2. The van der Waals surface area contributed by atoms with Crippen molar-refractivity contribution in [1.29, 1.82) is 0 Å². The van der Waals surface area contributed by atoms with E-state index in [4.69, 9.17) is 16.2 Å². The molecule has 5 nitrogen and oxygen atoms in total. The fraction of sp³-hybridized carbons (Fsp3) is 0.0667. The molecule has 4 N–H and O–H groups in total. The molecule has 1 aliphatic heterocycles. The molecule has 0 unspecified atom stereocenters. The van der Waals surface area contributed by atoms with E-state index in [9.17, 15) is 9.59 Å². The Kier molecular flexibility index (Phi) is 2.50. The molecule has 0 atom stereocenters. The van der Waals surface area contributed by atoms with Gasteiger partial charge >= 0.3 is 0 Å². The predicted molar refractivity (Wildman–Crippen MR) is 72.1 cm³/mol. The molecule has 1 aliphatic rings. The Morgan fingerprint density at radius 2 is 1.20 bits per heavy atom. The summed E-state index contributed by atoms with van der Waals surface area (Å²) in [7, 11) is 0. The molecule has 3 rings (SSSR count). The van der Waals surface area contributed by atoms with E-state index in [2.05, 4.69) is 0 Å². The quantitative estimate of drug-likeness (QED) is 0.797. The number of hydrogen-bond donors (Lipinski definition) is 2. The van der Waals surface area contributed by atoms with E-state index in [0.717, 1.165) is 0 Å². The van der Waals surface area contributed by atoms with Crippen molar-refractivity contribution in [3.8, 4) is 11.5 Å². The maximum Gasteiger partial charge on any atom is 0.242 e. The third-order valence-corrected chi connectivity index (χ3v) is 3.54. The largest absolute Gasteiger partial charge is 0.457 e.